The average molecular weight is 425 g/mol. The maximum absolute atomic E-state index is 12.7. The molecule has 2 aromatic carbocycles. The molecule has 0 spiro atoms. The summed E-state index contributed by atoms with van der Waals surface area (Å²) in [6, 6.07) is 12.9. The van der Waals surface area contributed by atoms with Crippen molar-refractivity contribution in [1.82, 2.24) is 9.88 Å². The van der Waals surface area contributed by atoms with Gasteiger partial charge in [0.25, 0.3) is 10.0 Å². The van der Waals surface area contributed by atoms with Crippen LogP contribution in [0.2, 0.25) is 0 Å². The highest BCUT2D eigenvalue weighted by Gasteiger charge is 2.31. The Hall–Kier alpha value is -2.85. The summed E-state index contributed by atoms with van der Waals surface area (Å²) in [5.74, 6) is -0.621. The third-order valence-corrected chi connectivity index (χ3v) is 5.21. The van der Waals surface area contributed by atoms with Crippen LogP contribution in [0.25, 0.3) is 10.9 Å². The zero-order valence-corrected chi connectivity index (χ0v) is 16.4. The van der Waals surface area contributed by atoms with Crippen LogP contribution in [0.3, 0.4) is 0 Å². The largest absolute Gasteiger partial charge is 0.573 e. The first kappa shape index (κ1) is 20.9. The number of pyridine rings is 1. The predicted octanol–water partition coefficient (Wildman–Crippen LogP) is 4.00. The molecule has 0 amide bonds. The fraction of sp³-hybridized carbons (Fsp3) is 0.211. The van der Waals surface area contributed by atoms with E-state index in [4.69, 9.17) is 0 Å². The monoisotopic (exact) mass is 425 g/mol. The Morgan fingerprint density at radius 2 is 1.79 bits per heavy atom. The Balaban J connectivity index is 1.96. The highest BCUT2D eigenvalue weighted by atomic mass is 32.2. The molecule has 10 heteroatoms. The van der Waals surface area contributed by atoms with Gasteiger partial charge in [-0.1, -0.05) is 24.3 Å². The number of fused-ring (bicyclic) bond motifs is 1. The molecule has 0 bridgehead atoms. The molecule has 0 radical (unpaired) electrons. The van der Waals surface area contributed by atoms with Gasteiger partial charge in [-0.25, -0.2) is 13.4 Å². The van der Waals surface area contributed by atoms with Crippen LogP contribution < -0.4 is 9.46 Å². The molecule has 3 rings (SSSR count). The molecule has 0 saturated carbocycles. The van der Waals surface area contributed by atoms with Gasteiger partial charge in [-0.15, -0.1) is 13.2 Å². The second-order valence-electron chi connectivity index (χ2n) is 6.55. The molecule has 6 nitrogen and oxygen atoms in total. The van der Waals surface area contributed by atoms with Gasteiger partial charge in [0.2, 0.25) is 0 Å². The van der Waals surface area contributed by atoms with Crippen LogP contribution in [0.5, 0.6) is 5.75 Å². The number of anilines is 1. The van der Waals surface area contributed by atoms with Crippen LogP contribution in [-0.4, -0.2) is 38.8 Å². The number of ether oxygens (including phenoxy) is 1. The van der Waals surface area contributed by atoms with Crippen LogP contribution in [0.4, 0.5) is 18.9 Å². The van der Waals surface area contributed by atoms with Crippen LogP contribution >= 0.6 is 0 Å². The van der Waals surface area contributed by atoms with Crippen molar-refractivity contribution in [3.63, 3.8) is 0 Å². The predicted molar refractivity (Wildman–Crippen MR) is 103 cm³/mol. The molecule has 0 unspecified atom stereocenters. The molecule has 1 aromatic heterocycles. The summed E-state index contributed by atoms with van der Waals surface area (Å²) < 4.78 is 69.0. The maximum Gasteiger partial charge on any atom is 0.573 e. The second kappa shape index (κ2) is 7.88. The van der Waals surface area contributed by atoms with Gasteiger partial charge in [0.15, 0.2) is 0 Å². The van der Waals surface area contributed by atoms with Gasteiger partial charge in [-0.05, 0) is 38.4 Å². The lowest BCUT2D eigenvalue weighted by Gasteiger charge is -2.14. The van der Waals surface area contributed by atoms with Gasteiger partial charge in [0.05, 0.1) is 21.8 Å². The van der Waals surface area contributed by atoms with Crippen molar-refractivity contribution in [2.45, 2.75) is 17.8 Å². The van der Waals surface area contributed by atoms with Crippen LogP contribution in [-0.2, 0) is 16.6 Å². The van der Waals surface area contributed by atoms with Crippen LogP contribution in [0.15, 0.2) is 59.5 Å². The molecule has 1 N–H and O–H groups in total. The van der Waals surface area contributed by atoms with E-state index in [-0.39, 0.29) is 10.6 Å². The van der Waals surface area contributed by atoms with Gasteiger partial charge in [-0.2, -0.15) is 0 Å². The standard InChI is InChI=1S/C19H18F3N3O3S/c1-25(2)12-14-10-9-13-5-3-8-17(18(13)23-14)24-29(26,27)16-7-4-6-15(11-16)28-19(20,21)22/h3-11,24H,12H2,1-2H3. The zero-order valence-electron chi connectivity index (χ0n) is 15.6. The van der Waals surface area contributed by atoms with Crippen molar-refractivity contribution in [2.75, 3.05) is 18.8 Å². The molecule has 1 heterocycles. The van der Waals surface area contributed by atoms with Crippen molar-refractivity contribution < 1.29 is 26.3 Å². The number of nitrogens with zero attached hydrogens (tertiary/aromatic N) is 2. The number of nitrogens with one attached hydrogen (secondary N) is 1. The van der Waals surface area contributed by atoms with Gasteiger partial charge >= 0.3 is 6.36 Å². The molecule has 0 aliphatic rings. The Morgan fingerprint density at radius 3 is 2.48 bits per heavy atom. The van der Waals surface area contributed by atoms with E-state index in [1.54, 1.807) is 18.2 Å². The van der Waals surface area contributed by atoms with Crippen molar-refractivity contribution in [2.24, 2.45) is 0 Å². The number of hydrogen-bond acceptors (Lipinski definition) is 5. The minimum absolute atomic E-state index is 0.227. The highest BCUT2D eigenvalue weighted by molar-refractivity contribution is 7.92. The number of rotatable bonds is 6. The lowest BCUT2D eigenvalue weighted by Crippen LogP contribution is -2.18. The quantitative estimate of drug-likeness (QED) is 0.647. The molecular formula is C19H18F3N3O3S. The number of aromatic nitrogens is 1. The fourth-order valence-electron chi connectivity index (χ4n) is 2.72. The van der Waals surface area contributed by atoms with Gasteiger partial charge in [-0.3, -0.25) is 4.72 Å². The highest BCUT2D eigenvalue weighted by Crippen LogP contribution is 2.28. The normalized spacial score (nSPS) is 12.3. The van der Waals surface area contributed by atoms with E-state index in [0.717, 1.165) is 23.2 Å². The first-order valence-electron chi connectivity index (χ1n) is 8.45. The van der Waals surface area contributed by atoms with E-state index in [0.29, 0.717) is 12.1 Å². The number of para-hydroxylation sites is 1. The molecule has 0 fully saturated rings. The lowest BCUT2D eigenvalue weighted by molar-refractivity contribution is -0.274. The van der Waals surface area contributed by atoms with E-state index in [2.05, 4.69) is 14.4 Å². The van der Waals surface area contributed by atoms with E-state index in [9.17, 15) is 21.6 Å². The van der Waals surface area contributed by atoms with E-state index >= 15 is 0 Å². The van der Waals surface area contributed by atoms with Crippen molar-refractivity contribution >= 4 is 26.6 Å². The maximum atomic E-state index is 12.7. The molecule has 154 valence electrons. The Labute approximate surface area is 166 Å². The molecule has 0 atom stereocenters. The smallest absolute Gasteiger partial charge is 0.406 e. The third kappa shape index (κ3) is 5.36. The SMILES string of the molecule is CN(C)Cc1ccc2cccc(NS(=O)(=O)c3cccc(OC(F)(F)F)c3)c2n1. The molecule has 3 aromatic rings. The molecule has 0 aliphatic heterocycles. The fourth-order valence-corrected chi connectivity index (χ4v) is 3.83. The Morgan fingerprint density at radius 1 is 1.07 bits per heavy atom. The molecule has 0 saturated heterocycles. The summed E-state index contributed by atoms with van der Waals surface area (Å²) in [7, 11) is -0.396. The molecule has 0 aliphatic carbocycles. The molecule has 29 heavy (non-hydrogen) atoms. The van der Waals surface area contributed by atoms with Crippen molar-refractivity contribution in [1.29, 1.82) is 0 Å². The van der Waals surface area contributed by atoms with E-state index in [1.165, 1.54) is 12.1 Å². The minimum Gasteiger partial charge on any atom is -0.406 e. The number of hydrogen-bond donors (Lipinski definition) is 1. The Kier molecular flexibility index (Phi) is 5.67. The van der Waals surface area contributed by atoms with E-state index < -0.39 is 22.1 Å². The third-order valence-electron chi connectivity index (χ3n) is 3.85. The Bertz CT molecular complexity index is 1130. The topological polar surface area (TPSA) is 71.5 Å². The van der Waals surface area contributed by atoms with Gasteiger partial charge < -0.3 is 9.64 Å². The average Bonchev–Trinajstić information content (AvgIpc) is 2.60. The van der Waals surface area contributed by atoms with E-state index in [1.807, 2.05) is 31.1 Å². The number of sulfonamides is 1. The van der Waals surface area contributed by atoms with Gasteiger partial charge in [0.1, 0.15) is 5.75 Å². The van der Waals surface area contributed by atoms with Crippen LogP contribution in [0.1, 0.15) is 5.69 Å². The number of halogens is 3. The molecular weight excluding hydrogens is 407 g/mol. The first-order chi connectivity index (χ1) is 13.5. The summed E-state index contributed by atoms with van der Waals surface area (Å²) in [5, 5.41) is 0.724. The summed E-state index contributed by atoms with van der Waals surface area (Å²) in [6.07, 6.45) is -4.92. The number of benzene rings is 2. The zero-order chi connectivity index (χ0) is 21.2. The minimum atomic E-state index is -4.92. The summed E-state index contributed by atoms with van der Waals surface area (Å²) in [6.45, 7) is 0.563. The van der Waals surface area contributed by atoms with Crippen molar-refractivity contribution in [3.05, 3.63) is 60.3 Å². The first-order valence-corrected chi connectivity index (χ1v) is 9.94. The van der Waals surface area contributed by atoms with Crippen molar-refractivity contribution in [3.8, 4) is 5.75 Å². The summed E-state index contributed by atoms with van der Waals surface area (Å²) in [4.78, 5) is 6.08. The second-order valence-corrected chi connectivity index (χ2v) is 8.23. The number of alkyl halides is 3. The summed E-state index contributed by atoms with van der Waals surface area (Å²) >= 11 is 0. The van der Waals surface area contributed by atoms with Crippen LogP contribution in [0, 0.1) is 0 Å². The summed E-state index contributed by atoms with van der Waals surface area (Å²) in [5.41, 5.74) is 1.41. The lowest BCUT2D eigenvalue weighted by atomic mass is 10.2. The van der Waals surface area contributed by atoms with Gasteiger partial charge in [0, 0.05) is 18.0 Å².